The molecule has 0 radical (unpaired) electrons. The van der Waals surface area contributed by atoms with Crippen molar-refractivity contribution in [2.75, 3.05) is 6.54 Å². The Labute approximate surface area is 125 Å². The Hall–Kier alpha value is -0.870. The van der Waals surface area contributed by atoms with Crippen molar-refractivity contribution in [3.05, 3.63) is 22.4 Å². The molecule has 3 nitrogen and oxygen atoms in total. The highest BCUT2D eigenvalue weighted by atomic mass is 32.1. The second-order valence-corrected chi connectivity index (χ2v) is 6.86. The van der Waals surface area contributed by atoms with Crippen molar-refractivity contribution in [3.63, 3.8) is 0 Å². The lowest BCUT2D eigenvalue weighted by Crippen LogP contribution is -2.32. The Kier molecular flexibility index (Phi) is 4.41. The van der Waals surface area contributed by atoms with E-state index in [0.29, 0.717) is 5.91 Å². The van der Waals surface area contributed by atoms with E-state index in [1.807, 2.05) is 0 Å². The molecule has 1 saturated carbocycles. The molecule has 110 valence electrons. The van der Waals surface area contributed by atoms with Gasteiger partial charge in [0, 0.05) is 6.54 Å². The summed E-state index contributed by atoms with van der Waals surface area (Å²) in [7, 11) is 0. The summed E-state index contributed by atoms with van der Waals surface area (Å²) >= 11 is 1.71. The predicted octanol–water partition coefficient (Wildman–Crippen LogP) is 3.54. The molecule has 4 heteroatoms. The van der Waals surface area contributed by atoms with E-state index in [-0.39, 0.29) is 12.2 Å². The average molecular weight is 292 g/mol. The fraction of sp³-hybridized carbons (Fsp3) is 0.688. The Bertz CT molecular complexity index is 441. The van der Waals surface area contributed by atoms with Crippen molar-refractivity contribution in [2.24, 2.45) is 5.92 Å². The zero-order chi connectivity index (χ0) is 13.9. The first-order chi connectivity index (χ1) is 9.79. The fourth-order valence-electron chi connectivity index (χ4n) is 2.97. The second kappa shape index (κ2) is 6.27. The third-order valence-electron chi connectivity index (χ3n) is 4.43. The van der Waals surface area contributed by atoms with E-state index in [9.17, 15) is 4.79 Å². The molecular weight excluding hydrogens is 268 g/mol. The van der Waals surface area contributed by atoms with Gasteiger partial charge in [0.15, 0.2) is 0 Å². The van der Waals surface area contributed by atoms with E-state index in [1.54, 1.807) is 11.3 Å². The number of thiophene rings is 1. The van der Waals surface area contributed by atoms with Crippen LogP contribution >= 0.6 is 11.3 Å². The number of hydrogen-bond acceptors (Lipinski definition) is 3. The number of hydrogen-bond donors (Lipinski definition) is 1. The van der Waals surface area contributed by atoms with Crippen LogP contribution in [-0.2, 0) is 4.79 Å². The van der Waals surface area contributed by atoms with Crippen molar-refractivity contribution in [2.45, 2.75) is 57.7 Å². The molecule has 3 rings (SSSR count). The molecular formula is C16H24N2OS. The number of nitrogens with zero attached hydrogens (tertiary/aromatic N) is 1. The largest absolute Gasteiger partial charge is 0.322 e. The zero-order valence-corrected chi connectivity index (χ0v) is 13.0. The molecule has 2 fully saturated rings. The Morgan fingerprint density at radius 1 is 1.40 bits per heavy atom. The summed E-state index contributed by atoms with van der Waals surface area (Å²) in [4.78, 5) is 14.7. The highest BCUT2D eigenvalue weighted by molar-refractivity contribution is 7.07. The van der Waals surface area contributed by atoms with Crippen LogP contribution in [0.25, 0.3) is 0 Å². The molecule has 0 aromatic carbocycles. The normalized spacial score (nSPS) is 26.4. The first kappa shape index (κ1) is 14.1. The molecule has 1 saturated heterocycles. The van der Waals surface area contributed by atoms with Gasteiger partial charge in [0.1, 0.15) is 6.17 Å². The third kappa shape index (κ3) is 3.07. The van der Waals surface area contributed by atoms with Gasteiger partial charge in [0.25, 0.3) is 0 Å². The molecule has 0 spiro atoms. The SMILES string of the molecule is CCCCC1NC(c2ccsc2)N(CCC2CC2)C1=O. The zero-order valence-electron chi connectivity index (χ0n) is 12.2. The number of amides is 1. The molecule has 2 unspecified atom stereocenters. The third-order valence-corrected chi connectivity index (χ3v) is 5.13. The van der Waals surface area contributed by atoms with Crippen molar-refractivity contribution in [1.29, 1.82) is 0 Å². The maximum Gasteiger partial charge on any atom is 0.241 e. The summed E-state index contributed by atoms with van der Waals surface area (Å²) in [6.07, 6.45) is 7.24. The van der Waals surface area contributed by atoms with E-state index >= 15 is 0 Å². The molecule has 1 aliphatic heterocycles. The molecule has 1 aliphatic carbocycles. The molecule has 1 amide bonds. The Morgan fingerprint density at radius 3 is 2.90 bits per heavy atom. The van der Waals surface area contributed by atoms with Crippen molar-refractivity contribution >= 4 is 17.2 Å². The van der Waals surface area contributed by atoms with Crippen LogP contribution in [0.3, 0.4) is 0 Å². The number of nitrogens with one attached hydrogen (secondary N) is 1. The van der Waals surface area contributed by atoms with E-state index in [1.165, 1.54) is 24.8 Å². The van der Waals surface area contributed by atoms with Gasteiger partial charge in [-0.15, -0.1) is 0 Å². The van der Waals surface area contributed by atoms with E-state index in [0.717, 1.165) is 31.7 Å². The maximum atomic E-state index is 12.6. The highest BCUT2D eigenvalue weighted by Crippen LogP contribution is 2.35. The van der Waals surface area contributed by atoms with Crippen molar-refractivity contribution < 1.29 is 4.79 Å². The van der Waals surface area contributed by atoms with Gasteiger partial charge in [-0.05, 0) is 41.1 Å². The molecule has 1 aromatic rings. The minimum atomic E-state index is 0.0269. The van der Waals surface area contributed by atoms with Gasteiger partial charge in [-0.2, -0.15) is 11.3 Å². The van der Waals surface area contributed by atoms with Gasteiger partial charge < -0.3 is 4.90 Å². The summed E-state index contributed by atoms with van der Waals surface area (Å²) in [6, 6.07) is 2.17. The lowest BCUT2D eigenvalue weighted by Gasteiger charge is -2.23. The van der Waals surface area contributed by atoms with Gasteiger partial charge in [-0.1, -0.05) is 32.6 Å². The van der Waals surface area contributed by atoms with E-state index < -0.39 is 0 Å². The van der Waals surface area contributed by atoms with Crippen LogP contribution < -0.4 is 5.32 Å². The smallest absolute Gasteiger partial charge is 0.241 e. The van der Waals surface area contributed by atoms with Crippen LogP contribution in [0.5, 0.6) is 0 Å². The Morgan fingerprint density at radius 2 is 2.25 bits per heavy atom. The van der Waals surface area contributed by atoms with Crippen LogP contribution in [0.2, 0.25) is 0 Å². The average Bonchev–Trinajstić information content (AvgIpc) is 3.01. The van der Waals surface area contributed by atoms with Crippen molar-refractivity contribution in [1.82, 2.24) is 10.2 Å². The van der Waals surface area contributed by atoms with Crippen LogP contribution in [0.15, 0.2) is 16.8 Å². The number of rotatable bonds is 7. The van der Waals surface area contributed by atoms with Gasteiger partial charge in [-0.25, -0.2) is 0 Å². The number of carbonyl (C=O) groups is 1. The first-order valence-corrected chi connectivity index (χ1v) is 8.82. The number of carbonyl (C=O) groups excluding carboxylic acids is 1. The minimum Gasteiger partial charge on any atom is -0.322 e. The molecule has 0 bridgehead atoms. The summed E-state index contributed by atoms with van der Waals surface area (Å²) in [5.74, 6) is 1.19. The molecule has 2 heterocycles. The summed E-state index contributed by atoms with van der Waals surface area (Å²) in [5, 5.41) is 7.82. The fourth-order valence-corrected chi connectivity index (χ4v) is 3.65. The predicted molar refractivity (Wildman–Crippen MR) is 82.6 cm³/mol. The lowest BCUT2D eigenvalue weighted by molar-refractivity contribution is -0.130. The van der Waals surface area contributed by atoms with E-state index in [2.05, 4.69) is 34.0 Å². The number of unbranched alkanes of at least 4 members (excludes halogenated alkanes) is 1. The van der Waals surface area contributed by atoms with Crippen LogP contribution in [0.1, 0.15) is 57.2 Å². The van der Waals surface area contributed by atoms with Crippen LogP contribution in [-0.4, -0.2) is 23.4 Å². The molecule has 2 aliphatic rings. The molecule has 1 N–H and O–H groups in total. The van der Waals surface area contributed by atoms with Crippen LogP contribution in [0, 0.1) is 5.92 Å². The highest BCUT2D eigenvalue weighted by Gasteiger charge is 2.39. The quantitative estimate of drug-likeness (QED) is 0.833. The van der Waals surface area contributed by atoms with Crippen LogP contribution in [0.4, 0.5) is 0 Å². The Balaban J connectivity index is 1.69. The van der Waals surface area contributed by atoms with Gasteiger partial charge in [-0.3, -0.25) is 10.1 Å². The topological polar surface area (TPSA) is 32.3 Å². The minimum absolute atomic E-state index is 0.0269. The summed E-state index contributed by atoms with van der Waals surface area (Å²) in [5.41, 5.74) is 1.25. The first-order valence-electron chi connectivity index (χ1n) is 7.88. The van der Waals surface area contributed by atoms with E-state index in [4.69, 9.17) is 0 Å². The molecule has 20 heavy (non-hydrogen) atoms. The van der Waals surface area contributed by atoms with Gasteiger partial charge >= 0.3 is 0 Å². The standard InChI is InChI=1S/C16H24N2OS/c1-2-3-4-14-16(19)18(9-7-12-5-6-12)15(17-14)13-8-10-20-11-13/h8,10-12,14-15,17H,2-7,9H2,1H3. The lowest BCUT2D eigenvalue weighted by atomic mass is 10.1. The summed E-state index contributed by atoms with van der Waals surface area (Å²) < 4.78 is 0. The molecule has 1 aromatic heterocycles. The second-order valence-electron chi connectivity index (χ2n) is 6.08. The summed E-state index contributed by atoms with van der Waals surface area (Å²) in [6.45, 7) is 3.10. The molecule has 2 atom stereocenters. The van der Waals surface area contributed by atoms with Gasteiger partial charge in [0.05, 0.1) is 6.04 Å². The maximum absolute atomic E-state index is 12.6. The monoisotopic (exact) mass is 292 g/mol. The van der Waals surface area contributed by atoms with Gasteiger partial charge in [0.2, 0.25) is 5.91 Å². The van der Waals surface area contributed by atoms with Crippen molar-refractivity contribution in [3.8, 4) is 0 Å².